The van der Waals surface area contributed by atoms with E-state index in [1.54, 1.807) is 18.2 Å². The zero-order valence-corrected chi connectivity index (χ0v) is 12.6. The van der Waals surface area contributed by atoms with E-state index in [0.29, 0.717) is 28.2 Å². The van der Waals surface area contributed by atoms with E-state index in [-0.39, 0.29) is 6.61 Å². The van der Waals surface area contributed by atoms with Crippen molar-refractivity contribution in [2.75, 3.05) is 0 Å². The van der Waals surface area contributed by atoms with Gasteiger partial charge in [-0.25, -0.2) is 0 Å². The standard InChI is InChI=1S/C19H15N3O/c20-10-13-4-5-15(11-21)16(8-13)12-23-17-7-6-14-2-1-3-19(22)18(14)9-17/h4-9,22H,1-3,12H2. The lowest BCUT2D eigenvalue weighted by Gasteiger charge is -2.18. The van der Waals surface area contributed by atoms with Gasteiger partial charge in [-0.05, 0) is 55.2 Å². The van der Waals surface area contributed by atoms with Gasteiger partial charge in [0.05, 0.1) is 23.3 Å². The van der Waals surface area contributed by atoms with Crippen LogP contribution in [0.2, 0.25) is 0 Å². The van der Waals surface area contributed by atoms with Crippen LogP contribution in [0.15, 0.2) is 36.4 Å². The van der Waals surface area contributed by atoms with Crippen molar-refractivity contribution in [3.63, 3.8) is 0 Å². The van der Waals surface area contributed by atoms with Gasteiger partial charge in [0.1, 0.15) is 12.4 Å². The molecular weight excluding hydrogens is 286 g/mol. The summed E-state index contributed by atoms with van der Waals surface area (Å²) < 4.78 is 5.79. The molecule has 3 rings (SSSR count). The Bertz CT molecular complexity index is 856. The monoisotopic (exact) mass is 301 g/mol. The molecule has 0 aromatic heterocycles. The number of hydrogen-bond donors (Lipinski definition) is 1. The third-order valence-corrected chi connectivity index (χ3v) is 4.03. The van der Waals surface area contributed by atoms with E-state index >= 15 is 0 Å². The molecule has 0 amide bonds. The van der Waals surface area contributed by atoms with E-state index < -0.39 is 0 Å². The summed E-state index contributed by atoms with van der Waals surface area (Å²) in [6.07, 6.45) is 2.83. The highest BCUT2D eigenvalue weighted by Gasteiger charge is 2.15. The number of nitriles is 2. The first-order chi connectivity index (χ1) is 11.2. The summed E-state index contributed by atoms with van der Waals surface area (Å²) >= 11 is 0. The zero-order valence-electron chi connectivity index (χ0n) is 12.6. The van der Waals surface area contributed by atoms with Crippen LogP contribution in [0.25, 0.3) is 0 Å². The molecule has 112 valence electrons. The second-order valence-electron chi connectivity index (χ2n) is 5.54. The second kappa shape index (κ2) is 6.34. The molecule has 1 N–H and O–H groups in total. The number of aryl methyl sites for hydroxylation is 1. The first-order valence-electron chi connectivity index (χ1n) is 7.48. The zero-order chi connectivity index (χ0) is 16.2. The summed E-state index contributed by atoms with van der Waals surface area (Å²) in [5.74, 6) is 0.682. The van der Waals surface area contributed by atoms with E-state index in [1.807, 2.05) is 18.2 Å². The van der Waals surface area contributed by atoms with Crippen molar-refractivity contribution in [3.8, 4) is 17.9 Å². The normalized spacial score (nSPS) is 12.9. The van der Waals surface area contributed by atoms with E-state index in [9.17, 15) is 0 Å². The van der Waals surface area contributed by atoms with Crippen LogP contribution < -0.4 is 4.74 Å². The van der Waals surface area contributed by atoms with Crippen LogP contribution in [-0.4, -0.2) is 5.71 Å². The number of nitrogens with zero attached hydrogens (tertiary/aromatic N) is 2. The molecule has 0 saturated carbocycles. The van der Waals surface area contributed by atoms with Gasteiger partial charge in [-0.3, -0.25) is 0 Å². The lowest BCUT2D eigenvalue weighted by atomic mass is 9.90. The van der Waals surface area contributed by atoms with Crippen LogP contribution in [-0.2, 0) is 13.0 Å². The first kappa shape index (κ1) is 14.8. The number of benzene rings is 2. The average molecular weight is 301 g/mol. The molecule has 0 spiro atoms. The molecule has 0 atom stereocenters. The molecule has 2 aromatic rings. The maximum Gasteiger partial charge on any atom is 0.120 e. The number of hydrogen-bond acceptors (Lipinski definition) is 4. The number of fused-ring (bicyclic) bond motifs is 1. The predicted molar refractivity (Wildman–Crippen MR) is 86.4 cm³/mol. The average Bonchev–Trinajstić information content (AvgIpc) is 2.60. The smallest absolute Gasteiger partial charge is 0.120 e. The van der Waals surface area contributed by atoms with Crippen molar-refractivity contribution in [1.82, 2.24) is 0 Å². The molecule has 0 fully saturated rings. The first-order valence-corrected chi connectivity index (χ1v) is 7.48. The van der Waals surface area contributed by atoms with Crippen molar-refractivity contribution in [2.24, 2.45) is 0 Å². The van der Waals surface area contributed by atoms with Gasteiger partial charge in [0.2, 0.25) is 0 Å². The quantitative estimate of drug-likeness (QED) is 0.938. The second-order valence-corrected chi connectivity index (χ2v) is 5.54. The Balaban J connectivity index is 1.82. The third-order valence-electron chi connectivity index (χ3n) is 4.03. The van der Waals surface area contributed by atoms with E-state index in [1.165, 1.54) is 5.56 Å². The Morgan fingerprint density at radius 3 is 2.70 bits per heavy atom. The Kier molecular flexibility index (Phi) is 4.08. The summed E-state index contributed by atoms with van der Waals surface area (Å²) in [5.41, 5.74) is 4.52. The fourth-order valence-electron chi connectivity index (χ4n) is 2.79. The van der Waals surface area contributed by atoms with Crippen LogP contribution in [0.3, 0.4) is 0 Å². The maximum absolute atomic E-state index is 9.16. The molecular formula is C19H15N3O. The van der Waals surface area contributed by atoms with Crippen LogP contribution >= 0.6 is 0 Å². The minimum Gasteiger partial charge on any atom is -0.489 e. The molecule has 1 aliphatic rings. The highest BCUT2D eigenvalue weighted by atomic mass is 16.5. The molecule has 2 aromatic carbocycles. The van der Waals surface area contributed by atoms with Crippen LogP contribution in [0.5, 0.6) is 5.75 Å². The van der Waals surface area contributed by atoms with Crippen molar-refractivity contribution < 1.29 is 4.74 Å². The molecule has 0 radical (unpaired) electrons. The molecule has 0 heterocycles. The molecule has 23 heavy (non-hydrogen) atoms. The summed E-state index contributed by atoms with van der Waals surface area (Å²) in [6, 6.07) is 14.9. The summed E-state index contributed by atoms with van der Waals surface area (Å²) in [6.45, 7) is 0.227. The SMILES string of the molecule is N#Cc1ccc(C#N)c(COc2ccc3c(c2)C(=N)CCC3)c1. The topological polar surface area (TPSA) is 80.7 Å². The van der Waals surface area contributed by atoms with Gasteiger partial charge in [0, 0.05) is 16.8 Å². The molecule has 0 aliphatic heterocycles. The van der Waals surface area contributed by atoms with Gasteiger partial charge in [-0.15, -0.1) is 0 Å². The minimum absolute atomic E-state index is 0.227. The summed E-state index contributed by atoms with van der Waals surface area (Å²) in [5, 5.41) is 26.2. The van der Waals surface area contributed by atoms with Crippen LogP contribution in [0.1, 0.15) is 40.7 Å². The molecule has 0 unspecified atom stereocenters. The predicted octanol–water partition coefficient (Wildman–Crippen LogP) is 3.71. The van der Waals surface area contributed by atoms with Gasteiger partial charge in [0.25, 0.3) is 0 Å². The summed E-state index contributed by atoms with van der Waals surface area (Å²) in [4.78, 5) is 0. The lowest BCUT2D eigenvalue weighted by Crippen LogP contribution is -2.11. The largest absolute Gasteiger partial charge is 0.489 e. The molecule has 4 nitrogen and oxygen atoms in total. The van der Waals surface area contributed by atoms with Crippen molar-refractivity contribution in [2.45, 2.75) is 25.9 Å². The molecule has 0 saturated heterocycles. The highest BCUT2D eigenvalue weighted by Crippen LogP contribution is 2.26. The van der Waals surface area contributed by atoms with Gasteiger partial charge in [-0.2, -0.15) is 10.5 Å². The minimum atomic E-state index is 0.227. The Labute approximate surface area is 135 Å². The van der Waals surface area contributed by atoms with Gasteiger partial charge < -0.3 is 10.1 Å². The molecule has 1 aliphatic carbocycles. The summed E-state index contributed by atoms with van der Waals surface area (Å²) in [7, 11) is 0. The number of rotatable bonds is 3. The van der Waals surface area contributed by atoms with E-state index in [0.717, 1.165) is 24.8 Å². The van der Waals surface area contributed by atoms with E-state index in [2.05, 4.69) is 12.1 Å². The van der Waals surface area contributed by atoms with Gasteiger partial charge in [0.15, 0.2) is 0 Å². The lowest BCUT2D eigenvalue weighted by molar-refractivity contribution is 0.305. The fraction of sp³-hybridized carbons (Fsp3) is 0.211. The Hall–Kier alpha value is -3.11. The van der Waals surface area contributed by atoms with Crippen molar-refractivity contribution >= 4 is 5.71 Å². The highest BCUT2D eigenvalue weighted by molar-refractivity contribution is 6.00. The number of ether oxygens (including phenoxy) is 1. The number of nitrogens with one attached hydrogen (secondary N) is 1. The van der Waals surface area contributed by atoms with Gasteiger partial charge in [-0.1, -0.05) is 6.07 Å². The van der Waals surface area contributed by atoms with E-state index in [4.69, 9.17) is 20.7 Å². The van der Waals surface area contributed by atoms with Crippen LogP contribution in [0.4, 0.5) is 0 Å². The molecule has 4 heteroatoms. The Morgan fingerprint density at radius 1 is 1.04 bits per heavy atom. The van der Waals surface area contributed by atoms with Crippen LogP contribution in [0, 0.1) is 28.1 Å². The van der Waals surface area contributed by atoms with Crippen molar-refractivity contribution in [3.05, 3.63) is 64.2 Å². The van der Waals surface area contributed by atoms with Gasteiger partial charge >= 0.3 is 0 Å². The third kappa shape index (κ3) is 3.07. The fourth-order valence-corrected chi connectivity index (χ4v) is 2.79. The maximum atomic E-state index is 9.16. The molecule has 0 bridgehead atoms. The van der Waals surface area contributed by atoms with Crippen molar-refractivity contribution in [1.29, 1.82) is 15.9 Å². The Morgan fingerprint density at radius 2 is 1.91 bits per heavy atom.